The van der Waals surface area contributed by atoms with Gasteiger partial charge in [-0.2, -0.15) is 0 Å². The van der Waals surface area contributed by atoms with Crippen molar-refractivity contribution >= 4 is 23.0 Å². The van der Waals surface area contributed by atoms with Crippen molar-refractivity contribution in [1.82, 2.24) is 15.2 Å². The minimum atomic E-state index is -0.358. The fourth-order valence-corrected chi connectivity index (χ4v) is 3.99. The molecule has 2 aromatic rings. The molecule has 1 unspecified atom stereocenters. The highest BCUT2D eigenvalue weighted by molar-refractivity contribution is 5.95. The maximum Gasteiger partial charge on any atom is 0.409 e. The van der Waals surface area contributed by atoms with Gasteiger partial charge < -0.3 is 24.5 Å². The summed E-state index contributed by atoms with van der Waals surface area (Å²) in [4.78, 5) is 29.9. The monoisotopic (exact) mass is 373 g/mol. The van der Waals surface area contributed by atoms with Crippen LogP contribution in [0.2, 0.25) is 0 Å². The van der Waals surface area contributed by atoms with Gasteiger partial charge in [-0.25, -0.2) is 4.79 Å². The summed E-state index contributed by atoms with van der Waals surface area (Å²) in [5.41, 5.74) is 0.824. The molecular formula is C19H23N3O5. The Kier molecular flexibility index (Phi) is 4.73. The van der Waals surface area contributed by atoms with Crippen molar-refractivity contribution in [3.05, 3.63) is 30.3 Å². The van der Waals surface area contributed by atoms with Crippen LogP contribution >= 0.6 is 0 Å². The van der Waals surface area contributed by atoms with Crippen LogP contribution in [0.3, 0.4) is 0 Å². The predicted molar refractivity (Wildman–Crippen MR) is 96.1 cm³/mol. The van der Waals surface area contributed by atoms with Gasteiger partial charge in [0.15, 0.2) is 11.3 Å². The quantitative estimate of drug-likeness (QED) is 0.828. The fourth-order valence-electron chi connectivity index (χ4n) is 3.99. The summed E-state index contributed by atoms with van der Waals surface area (Å²) in [6, 6.07) is 3.54. The van der Waals surface area contributed by atoms with Gasteiger partial charge in [0.25, 0.3) is 5.91 Å². The first-order valence-electron chi connectivity index (χ1n) is 9.26. The van der Waals surface area contributed by atoms with Crippen molar-refractivity contribution in [2.75, 3.05) is 32.8 Å². The summed E-state index contributed by atoms with van der Waals surface area (Å²) in [5, 5.41) is 12.6. The second kappa shape index (κ2) is 7.19. The minimum absolute atomic E-state index is 0.0347. The average molecular weight is 373 g/mol. The van der Waals surface area contributed by atoms with Gasteiger partial charge >= 0.3 is 6.09 Å². The van der Waals surface area contributed by atoms with Crippen molar-refractivity contribution in [2.45, 2.75) is 19.3 Å². The lowest BCUT2D eigenvalue weighted by molar-refractivity contribution is 0.0692. The molecule has 1 saturated carbocycles. The molecule has 8 heteroatoms. The fraction of sp³-hybridized carbons (Fsp3) is 0.526. The topological polar surface area (TPSA) is 105 Å². The molecule has 1 spiro atoms. The summed E-state index contributed by atoms with van der Waals surface area (Å²) in [7, 11) is 0. The van der Waals surface area contributed by atoms with Gasteiger partial charge in [-0.1, -0.05) is 0 Å². The van der Waals surface area contributed by atoms with E-state index in [4.69, 9.17) is 14.3 Å². The number of aliphatic hydroxyl groups excluding tert-OH is 1. The molecule has 0 radical (unpaired) electrons. The van der Waals surface area contributed by atoms with E-state index in [1.807, 2.05) is 6.07 Å². The summed E-state index contributed by atoms with van der Waals surface area (Å²) in [5.74, 6) is 0.524. The zero-order chi connectivity index (χ0) is 18.9. The lowest BCUT2D eigenvalue weighted by Crippen LogP contribution is -2.40. The maximum absolute atomic E-state index is 12.3. The number of aromatic nitrogens is 1. The first kappa shape index (κ1) is 17.8. The summed E-state index contributed by atoms with van der Waals surface area (Å²) >= 11 is 0. The third-order valence-corrected chi connectivity index (χ3v) is 5.75. The van der Waals surface area contributed by atoms with Gasteiger partial charge in [0.05, 0.1) is 12.8 Å². The molecule has 2 aromatic heterocycles. The second-order valence-corrected chi connectivity index (χ2v) is 7.32. The largest absolute Gasteiger partial charge is 0.449 e. The normalized spacial score (nSPS) is 20.6. The number of likely N-dealkylation sites (tertiary alicyclic amines) is 1. The van der Waals surface area contributed by atoms with Crippen molar-refractivity contribution in [3.8, 4) is 0 Å². The van der Waals surface area contributed by atoms with E-state index in [2.05, 4.69) is 10.3 Å². The number of aliphatic hydroxyl groups is 1. The molecule has 0 bridgehead atoms. The Morgan fingerprint density at radius 1 is 1.41 bits per heavy atom. The number of nitrogens with one attached hydrogen (secondary N) is 1. The SMILES string of the molecule is O=C(NCC1CC12CCN(C(=O)OCCO)CC2)c1cc2ccncc2o1. The number of hydrogen-bond donors (Lipinski definition) is 2. The molecule has 1 aliphatic carbocycles. The van der Waals surface area contributed by atoms with Crippen molar-refractivity contribution in [1.29, 1.82) is 0 Å². The molecule has 27 heavy (non-hydrogen) atoms. The molecule has 144 valence electrons. The van der Waals surface area contributed by atoms with Gasteiger partial charge in [-0.15, -0.1) is 0 Å². The Labute approximate surface area is 156 Å². The minimum Gasteiger partial charge on any atom is -0.449 e. The summed E-state index contributed by atoms with van der Waals surface area (Å²) < 4.78 is 10.5. The first-order chi connectivity index (χ1) is 13.1. The molecule has 2 amide bonds. The Bertz CT molecular complexity index is 808. The maximum atomic E-state index is 12.3. The van der Waals surface area contributed by atoms with Crippen LogP contribution in [0.15, 0.2) is 28.9 Å². The van der Waals surface area contributed by atoms with E-state index in [1.165, 1.54) is 0 Å². The number of hydrogen-bond acceptors (Lipinski definition) is 6. The standard InChI is InChI=1S/C19H23N3O5/c23-7-8-26-18(25)22-5-2-19(3-6-22)10-14(19)11-21-17(24)15-9-13-1-4-20-12-16(13)27-15/h1,4,9,12,14,23H,2-3,5-8,10-11H2,(H,21,24). The van der Waals surface area contributed by atoms with Crippen LogP contribution in [0.1, 0.15) is 29.8 Å². The first-order valence-corrected chi connectivity index (χ1v) is 9.26. The van der Waals surface area contributed by atoms with Crippen LogP contribution in [0.25, 0.3) is 11.0 Å². The molecule has 1 aliphatic heterocycles. The van der Waals surface area contributed by atoms with Crippen LogP contribution in [0.4, 0.5) is 4.79 Å². The van der Waals surface area contributed by atoms with Crippen LogP contribution < -0.4 is 5.32 Å². The van der Waals surface area contributed by atoms with E-state index in [0.717, 1.165) is 24.6 Å². The Morgan fingerprint density at radius 3 is 2.96 bits per heavy atom. The van der Waals surface area contributed by atoms with Crippen LogP contribution in [-0.2, 0) is 4.74 Å². The van der Waals surface area contributed by atoms with Crippen molar-refractivity contribution in [2.24, 2.45) is 11.3 Å². The van der Waals surface area contributed by atoms with Crippen LogP contribution in [0.5, 0.6) is 0 Å². The molecule has 4 rings (SSSR count). The predicted octanol–water partition coefficient (Wildman–Crippen LogP) is 1.79. The van der Waals surface area contributed by atoms with Gasteiger partial charge in [-0.3, -0.25) is 9.78 Å². The van der Waals surface area contributed by atoms with E-state index in [9.17, 15) is 9.59 Å². The lowest BCUT2D eigenvalue weighted by atomic mass is 9.91. The van der Waals surface area contributed by atoms with Gasteiger partial charge in [0.2, 0.25) is 0 Å². The highest BCUT2D eigenvalue weighted by Crippen LogP contribution is 2.59. The molecule has 8 nitrogen and oxygen atoms in total. The highest BCUT2D eigenvalue weighted by Gasteiger charge is 2.55. The van der Waals surface area contributed by atoms with Gasteiger partial charge in [-0.05, 0) is 42.7 Å². The Morgan fingerprint density at radius 2 is 2.22 bits per heavy atom. The molecule has 1 saturated heterocycles. The number of amides is 2. The average Bonchev–Trinajstić information content (AvgIpc) is 3.16. The Hall–Kier alpha value is -2.61. The Balaban J connectivity index is 1.25. The molecule has 1 atom stereocenters. The summed E-state index contributed by atoms with van der Waals surface area (Å²) in [6.07, 6.45) is 5.80. The van der Waals surface area contributed by atoms with E-state index < -0.39 is 0 Å². The van der Waals surface area contributed by atoms with E-state index in [-0.39, 0.29) is 30.6 Å². The van der Waals surface area contributed by atoms with Crippen molar-refractivity contribution < 1.29 is 23.8 Å². The third kappa shape index (κ3) is 3.62. The number of pyridine rings is 1. The molecule has 2 N–H and O–H groups in total. The number of nitrogens with zero attached hydrogens (tertiary/aromatic N) is 2. The van der Waals surface area contributed by atoms with Crippen molar-refractivity contribution in [3.63, 3.8) is 0 Å². The molecule has 2 fully saturated rings. The lowest BCUT2D eigenvalue weighted by Gasteiger charge is -2.32. The van der Waals surface area contributed by atoms with E-state index in [1.54, 1.807) is 23.4 Å². The van der Waals surface area contributed by atoms with E-state index in [0.29, 0.717) is 36.9 Å². The molecule has 3 heterocycles. The third-order valence-electron chi connectivity index (χ3n) is 5.75. The zero-order valence-electron chi connectivity index (χ0n) is 15.0. The highest BCUT2D eigenvalue weighted by atomic mass is 16.6. The molecular weight excluding hydrogens is 350 g/mol. The summed E-state index contributed by atoms with van der Waals surface area (Å²) in [6.45, 7) is 1.81. The smallest absolute Gasteiger partial charge is 0.409 e. The van der Waals surface area contributed by atoms with Gasteiger partial charge in [0, 0.05) is 31.2 Å². The molecule has 0 aromatic carbocycles. The number of fused-ring (bicyclic) bond motifs is 1. The zero-order valence-corrected chi connectivity index (χ0v) is 15.0. The molecule has 2 aliphatic rings. The van der Waals surface area contributed by atoms with Gasteiger partial charge in [0.1, 0.15) is 6.61 Å². The number of rotatable bonds is 5. The second-order valence-electron chi connectivity index (χ2n) is 7.32. The number of carbonyl (C=O) groups is 2. The number of piperidine rings is 1. The number of carbonyl (C=O) groups excluding carboxylic acids is 2. The van der Waals surface area contributed by atoms with Crippen LogP contribution in [-0.4, -0.2) is 59.8 Å². The van der Waals surface area contributed by atoms with Crippen LogP contribution in [0, 0.1) is 11.3 Å². The number of ether oxygens (including phenoxy) is 1. The van der Waals surface area contributed by atoms with E-state index >= 15 is 0 Å². The number of furan rings is 1.